The van der Waals surface area contributed by atoms with Crippen LogP contribution in [0.4, 0.5) is 0 Å². The van der Waals surface area contributed by atoms with Crippen LogP contribution in [-0.4, -0.2) is 27.7 Å². The van der Waals surface area contributed by atoms with Gasteiger partial charge in [0.05, 0.1) is 22.9 Å². The number of aromatic amines is 1. The van der Waals surface area contributed by atoms with Gasteiger partial charge in [0.2, 0.25) is 0 Å². The number of fused-ring (bicyclic) bond motifs is 1. The first-order chi connectivity index (χ1) is 19.5. The van der Waals surface area contributed by atoms with E-state index in [1.165, 1.54) is 5.01 Å². The lowest BCUT2D eigenvalue weighted by Gasteiger charge is -2.19. The molecule has 0 aliphatic carbocycles. The predicted molar refractivity (Wildman–Crippen MR) is 168 cm³/mol. The number of benzene rings is 4. The second-order valence-electron chi connectivity index (χ2n) is 9.48. The van der Waals surface area contributed by atoms with E-state index in [-0.39, 0.29) is 17.5 Å². The number of amides is 1. The summed E-state index contributed by atoms with van der Waals surface area (Å²) in [6, 6.07) is 32.5. The molecule has 0 saturated heterocycles. The van der Waals surface area contributed by atoms with Gasteiger partial charge in [0, 0.05) is 31.8 Å². The summed E-state index contributed by atoms with van der Waals surface area (Å²) in [5, 5.41) is 7.23. The molecule has 1 amide bonds. The van der Waals surface area contributed by atoms with Gasteiger partial charge in [-0.25, -0.2) is 5.01 Å². The zero-order valence-corrected chi connectivity index (χ0v) is 24.4. The van der Waals surface area contributed by atoms with Crippen LogP contribution in [0.5, 0.6) is 0 Å². The highest BCUT2D eigenvalue weighted by Gasteiger charge is 2.34. The molecule has 0 radical (unpaired) electrons. The molecule has 6 rings (SSSR count). The molecule has 0 bridgehead atoms. The fourth-order valence-electron chi connectivity index (χ4n) is 5.02. The van der Waals surface area contributed by atoms with Crippen LogP contribution >= 0.6 is 31.9 Å². The maximum absolute atomic E-state index is 13.8. The maximum atomic E-state index is 13.8. The van der Waals surface area contributed by atoms with Crippen LogP contribution in [0.3, 0.4) is 0 Å². The summed E-state index contributed by atoms with van der Waals surface area (Å²) in [5.74, 6) is -0.244. The topological polar surface area (TPSA) is 65.5 Å². The number of hydrazone groups is 1. The number of nitrogens with one attached hydrogen (secondary N) is 1. The first kappa shape index (κ1) is 26.2. The lowest BCUT2D eigenvalue weighted by molar-refractivity contribution is 0.0741. The third kappa shape index (κ3) is 5.10. The molecule has 1 N–H and O–H groups in total. The Balaban J connectivity index is 1.53. The molecule has 2 heterocycles. The molecular formula is C33H23Br2N3O2. The van der Waals surface area contributed by atoms with Gasteiger partial charge >= 0.3 is 0 Å². The normalized spacial score (nSPS) is 15.1. The number of hydrogen-bond donors (Lipinski definition) is 1. The molecule has 40 heavy (non-hydrogen) atoms. The van der Waals surface area contributed by atoms with E-state index in [0.29, 0.717) is 27.7 Å². The quantitative estimate of drug-likeness (QED) is 0.209. The van der Waals surface area contributed by atoms with Crippen molar-refractivity contribution in [2.24, 2.45) is 5.10 Å². The zero-order chi connectivity index (χ0) is 27.6. The van der Waals surface area contributed by atoms with Gasteiger partial charge < -0.3 is 4.98 Å². The lowest BCUT2D eigenvalue weighted by atomic mass is 9.92. The second kappa shape index (κ2) is 11.2. The Morgan fingerprint density at radius 3 is 2.33 bits per heavy atom. The number of nitrogens with zero attached hydrogens (tertiary/aromatic N) is 2. The minimum absolute atomic E-state index is 0.242. The molecule has 1 aliphatic rings. The third-order valence-corrected chi connectivity index (χ3v) is 8.08. The van der Waals surface area contributed by atoms with Crippen LogP contribution in [-0.2, 0) is 0 Å². The highest BCUT2D eigenvalue weighted by Crippen LogP contribution is 2.34. The Labute approximate surface area is 248 Å². The molecular weight excluding hydrogens is 630 g/mol. The molecule has 1 aliphatic heterocycles. The summed E-state index contributed by atoms with van der Waals surface area (Å²) in [4.78, 5) is 30.6. The molecule has 4 aromatic carbocycles. The summed E-state index contributed by atoms with van der Waals surface area (Å²) in [7, 11) is 0. The molecule has 0 unspecified atom stereocenters. The van der Waals surface area contributed by atoms with Crippen molar-refractivity contribution in [2.75, 3.05) is 0 Å². The third-order valence-electron chi connectivity index (χ3n) is 6.90. The van der Waals surface area contributed by atoms with Gasteiger partial charge in [-0.05, 0) is 57.4 Å². The smallest absolute Gasteiger partial charge is 0.275 e. The average molecular weight is 653 g/mol. The van der Waals surface area contributed by atoms with Crippen molar-refractivity contribution in [2.45, 2.75) is 12.5 Å². The van der Waals surface area contributed by atoms with Gasteiger partial charge in [-0.2, -0.15) is 5.10 Å². The van der Waals surface area contributed by atoms with E-state index >= 15 is 0 Å². The molecule has 1 atom stereocenters. The summed E-state index contributed by atoms with van der Waals surface area (Å²) < 4.78 is 1.59. The van der Waals surface area contributed by atoms with E-state index in [0.717, 1.165) is 32.1 Å². The molecule has 5 aromatic rings. The van der Waals surface area contributed by atoms with Crippen LogP contribution in [0.1, 0.15) is 27.9 Å². The Bertz CT molecular complexity index is 1850. The van der Waals surface area contributed by atoms with Gasteiger partial charge in [0.15, 0.2) is 0 Å². The minimum atomic E-state index is -0.379. The van der Waals surface area contributed by atoms with E-state index in [1.807, 2.05) is 109 Å². The van der Waals surface area contributed by atoms with Crippen molar-refractivity contribution in [3.63, 3.8) is 0 Å². The monoisotopic (exact) mass is 651 g/mol. The molecule has 0 spiro atoms. The van der Waals surface area contributed by atoms with Gasteiger partial charge in [0.25, 0.3) is 11.5 Å². The number of carbonyl (C=O) groups is 1. The van der Waals surface area contributed by atoms with E-state index in [4.69, 9.17) is 5.10 Å². The number of aromatic nitrogens is 1. The number of carbonyl (C=O) groups excluding carboxylic acids is 1. The molecule has 0 saturated carbocycles. The van der Waals surface area contributed by atoms with Gasteiger partial charge in [-0.3, -0.25) is 9.59 Å². The van der Waals surface area contributed by atoms with E-state index in [2.05, 4.69) is 36.8 Å². The fraction of sp³-hybridized carbons (Fsp3) is 0.0606. The highest BCUT2D eigenvalue weighted by atomic mass is 79.9. The van der Waals surface area contributed by atoms with E-state index < -0.39 is 0 Å². The number of hydrogen-bond acceptors (Lipinski definition) is 3. The summed E-state index contributed by atoms with van der Waals surface area (Å²) >= 11 is 7.10. The van der Waals surface area contributed by atoms with Crippen molar-refractivity contribution in [3.05, 3.63) is 145 Å². The Morgan fingerprint density at radius 2 is 1.57 bits per heavy atom. The Hall–Kier alpha value is -4.07. The maximum Gasteiger partial charge on any atom is 0.275 e. The van der Waals surface area contributed by atoms with E-state index in [1.54, 1.807) is 6.07 Å². The van der Waals surface area contributed by atoms with Crippen LogP contribution in [0, 0.1) is 0 Å². The highest BCUT2D eigenvalue weighted by molar-refractivity contribution is 9.10. The van der Waals surface area contributed by atoms with Crippen LogP contribution in [0.2, 0.25) is 0 Å². The van der Waals surface area contributed by atoms with E-state index in [9.17, 15) is 9.59 Å². The summed E-state index contributed by atoms with van der Waals surface area (Å²) in [5.41, 5.74) is 4.74. The lowest BCUT2D eigenvalue weighted by Crippen LogP contribution is -2.31. The molecule has 5 nitrogen and oxygen atoms in total. The van der Waals surface area contributed by atoms with Crippen molar-refractivity contribution < 1.29 is 4.79 Å². The Kier molecular flexibility index (Phi) is 7.32. The molecule has 0 fully saturated rings. The average Bonchev–Trinajstić information content (AvgIpc) is 3.40. The summed E-state index contributed by atoms with van der Waals surface area (Å²) in [6.07, 6.45) is 4.36. The van der Waals surface area contributed by atoms with Crippen molar-refractivity contribution >= 4 is 60.5 Å². The predicted octanol–water partition coefficient (Wildman–Crippen LogP) is 8.05. The van der Waals surface area contributed by atoms with Crippen molar-refractivity contribution in [1.82, 2.24) is 9.99 Å². The SMILES string of the molecule is O=C(c1ccccc1Br)N1N=C(c2c(-c3ccccc3)c3cc(Br)ccc3[nH]c2=O)C[C@H]1/C=C\c1ccccc1. The van der Waals surface area contributed by atoms with Crippen LogP contribution < -0.4 is 5.56 Å². The standard InChI is InChI=1S/C33H23Br2N3O2/c34-23-16-18-28-26(19-23)30(22-11-5-2-6-12-22)31(32(39)36-28)29-20-24(17-15-21-9-3-1-4-10-21)38(37-29)33(40)25-13-7-8-14-27(25)35/h1-19,24H,20H2,(H,36,39)/b17-15-/t24-/m1/s1. The minimum Gasteiger partial charge on any atom is -0.321 e. The summed E-state index contributed by atoms with van der Waals surface area (Å²) in [6.45, 7) is 0. The zero-order valence-electron chi connectivity index (χ0n) is 21.2. The van der Waals surface area contributed by atoms with Crippen molar-refractivity contribution in [3.8, 4) is 11.1 Å². The molecule has 196 valence electrons. The number of H-pyrrole nitrogens is 1. The van der Waals surface area contributed by atoms with Gasteiger partial charge in [-0.15, -0.1) is 0 Å². The first-order valence-electron chi connectivity index (χ1n) is 12.8. The second-order valence-corrected chi connectivity index (χ2v) is 11.2. The fourth-order valence-corrected chi connectivity index (χ4v) is 5.83. The number of rotatable bonds is 5. The first-order valence-corrected chi connectivity index (χ1v) is 14.4. The van der Waals surface area contributed by atoms with Crippen LogP contribution in [0.15, 0.2) is 128 Å². The van der Waals surface area contributed by atoms with Crippen molar-refractivity contribution in [1.29, 1.82) is 0 Å². The van der Waals surface area contributed by atoms with Gasteiger partial charge in [-0.1, -0.05) is 101 Å². The molecule has 7 heteroatoms. The Morgan fingerprint density at radius 1 is 0.875 bits per heavy atom. The van der Waals surface area contributed by atoms with Gasteiger partial charge in [0.1, 0.15) is 0 Å². The number of pyridine rings is 1. The van der Waals surface area contributed by atoms with Crippen LogP contribution in [0.25, 0.3) is 28.1 Å². The number of halogens is 2. The largest absolute Gasteiger partial charge is 0.321 e. The molecule has 1 aromatic heterocycles.